The van der Waals surface area contributed by atoms with E-state index < -0.39 is 4.92 Å². The van der Waals surface area contributed by atoms with Crippen molar-refractivity contribution in [3.63, 3.8) is 0 Å². The molecule has 1 aromatic heterocycles. The van der Waals surface area contributed by atoms with E-state index in [9.17, 15) is 10.1 Å². The molecule has 1 aromatic rings. The maximum atomic E-state index is 10.3. The fraction of sp³-hybridized carbons (Fsp3) is 0.400. The number of terminal acetylenes is 1. The summed E-state index contributed by atoms with van der Waals surface area (Å²) in [5.41, 5.74) is 0. The molecule has 0 aliphatic rings. The van der Waals surface area contributed by atoms with Gasteiger partial charge in [0.05, 0.1) is 18.7 Å². The van der Waals surface area contributed by atoms with E-state index in [1.807, 2.05) is 6.92 Å². The third-order valence-corrected chi connectivity index (χ3v) is 1.96. The van der Waals surface area contributed by atoms with Crippen LogP contribution in [0.25, 0.3) is 0 Å². The minimum absolute atomic E-state index is 0.0332. The highest BCUT2D eigenvalue weighted by Gasteiger charge is 2.12. The molecule has 1 unspecified atom stereocenters. The van der Waals surface area contributed by atoms with Crippen LogP contribution in [0.3, 0.4) is 0 Å². The van der Waals surface area contributed by atoms with Crippen molar-refractivity contribution >= 4 is 5.88 Å². The summed E-state index contributed by atoms with van der Waals surface area (Å²) < 4.78 is 4.95. The minimum Gasteiger partial charge on any atom is -0.404 e. The van der Waals surface area contributed by atoms with Crippen molar-refractivity contribution in [1.82, 2.24) is 5.32 Å². The number of furan rings is 1. The summed E-state index contributed by atoms with van der Waals surface area (Å²) in [6.45, 7) is 2.36. The van der Waals surface area contributed by atoms with Crippen LogP contribution in [0, 0.1) is 22.5 Å². The number of nitro groups is 1. The van der Waals surface area contributed by atoms with E-state index in [2.05, 4.69) is 11.2 Å². The lowest BCUT2D eigenvalue weighted by molar-refractivity contribution is -0.402. The van der Waals surface area contributed by atoms with Gasteiger partial charge in [-0.2, -0.15) is 0 Å². The Labute approximate surface area is 87.6 Å². The monoisotopic (exact) mass is 208 g/mol. The smallest absolute Gasteiger partial charge is 0.404 e. The van der Waals surface area contributed by atoms with Crippen LogP contribution in [0.15, 0.2) is 16.5 Å². The Morgan fingerprint density at radius 3 is 2.93 bits per heavy atom. The van der Waals surface area contributed by atoms with Crippen molar-refractivity contribution in [3.05, 3.63) is 28.0 Å². The molecule has 1 heterocycles. The summed E-state index contributed by atoms with van der Waals surface area (Å²) in [5.74, 6) is 2.83. The van der Waals surface area contributed by atoms with Gasteiger partial charge in [0.2, 0.25) is 0 Å². The Bertz CT molecular complexity index is 378. The van der Waals surface area contributed by atoms with E-state index in [0.717, 1.165) is 6.42 Å². The Balaban J connectivity index is 2.51. The third kappa shape index (κ3) is 3.11. The summed E-state index contributed by atoms with van der Waals surface area (Å²) in [6.07, 6.45) is 6.05. The van der Waals surface area contributed by atoms with E-state index in [4.69, 9.17) is 10.8 Å². The number of nitrogens with zero attached hydrogens (tertiary/aromatic N) is 1. The average molecular weight is 208 g/mol. The summed E-state index contributed by atoms with van der Waals surface area (Å²) in [4.78, 5) is 9.76. The summed E-state index contributed by atoms with van der Waals surface area (Å²) in [6, 6.07) is 2.86. The Kier molecular flexibility index (Phi) is 3.89. The number of nitrogens with one attached hydrogen (secondary N) is 1. The van der Waals surface area contributed by atoms with Gasteiger partial charge in [-0.1, -0.05) is 12.8 Å². The topological polar surface area (TPSA) is 68.3 Å². The molecule has 80 valence electrons. The molecule has 0 bridgehead atoms. The molecular weight excluding hydrogens is 196 g/mol. The van der Waals surface area contributed by atoms with Crippen LogP contribution in [-0.2, 0) is 6.54 Å². The highest BCUT2D eigenvalue weighted by molar-refractivity contribution is 5.17. The fourth-order valence-corrected chi connectivity index (χ4v) is 1.10. The molecule has 0 radical (unpaired) electrons. The molecular formula is C10H12N2O3. The van der Waals surface area contributed by atoms with Gasteiger partial charge in [-0.25, -0.2) is 0 Å². The van der Waals surface area contributed by atoms with Gasteiger partial charge in [-0.3, -0.25) is 15.4 Å². The zero-order chi connectivity index (χ0) is 11.3. The van der Waals surface area contributed by atoms with Gasteiger partial charge < -0.3 is 4.42 Å². The molecule has 0 saturated carbocycles. The van der Waals surface area contributed by atoms with Gasteiger partial charge in [0.15, 0.2) is 0 Å². The van der Waals surface area contributed by atoms with Crippen LogP contribution in [0.2, 0.25) is 0 Å². The molecule has 0 saturated heterocycles. The SMILES string of the molecule is C#CC(CC)NCc1ccc([N+](=O)[O-])o1. The van der Waals surface area contributed by atoms with Crippen LogP contribution in [0.1, 0.15) is 19.1 Å². The maximum absolute atomic E-state index is 10.3. The van der Waals surface area contributed by atoms with Gasteiger partial charge in [0.1, 0.15) is 10.7 Å². The van der Waals surface area contributed by atoms with Crippen molar-refractivity contribution in [2.45, 2.75) is 25.9 Å². The number of hydrogen-bond acceptors (Lipinski definition) is 4. The first-order chi connectivity index (χ1) is 7.17. The molecule has 15 heavy (non-hydrogen) atoms. The molecule has 5 nitrogen and oxygen atoms in total. The third-order valence-electron chi connectivity index (χ3n) is 1.96. The van der Waals surface area contributed by atoms with Crippen molar-refractivity contribution < 1.29 is 9.34 Å². The van der Waals surface area contributed by atoms with Crippen molar-refractivity contribution in [1.29, 1.82) is 0 Å². The lowest BCUT2D eigenvalue weighted by Crippen LogP contribution is -2.25. The van der Waals surface area contributed by atoms with Gasteiger partial charge >= 0.3 is 5.88 Å². The first-order valence-corrected chi connectivity index (χ1v) is 4.60. The van der Waals surface area contributed by atoms with E-state index in [0.29, 0.717) is 12.3 Å². The van der Waals surface area contributed by atoms with Crippen LogP contribution in [0.5, 0.6) is 0 Å². The highest BCUT2D eigenvalue weighted by atomic mass is 16.6. The van der Waals surface area contributed by atoms with Gasteiger partial charge in [0, 0.05) is 0 Å². The van der Waals surface area contributed by atoms with Crippen LogP contribution in [0.4, 0.5) is 5.88 Å². The zero-order valence-corrected chi connectivity index (χ0v) is 8.40. The zero-order valence-electron chi connectivity index (χ0n) is 8.40. The average Bonchev–Trinajstić information content (AvgIpc) is 2.68. The van der Waals surface area contributed by atoms with E-state index in [-0.39, 0.29) is 11.9 Å². The molecule has 1 atom stereocenters. The first-order valence-electron chi connectivity index (χ1n) is 4.60. The van der Waals surface area contributed by atoms with Crippen LogP contribution < -0.4 is 5.32 Å². The Hall–Kier alpha value is -1.80. The van der Waals surface area contributed by atoms with Gasteiger partial charge in [-0.05, 0) is 12.5 Å². The van der Waals surface area contributed by atoms with E-state index >= 15 is 0 Å². The molecule has 0 fully saturated rings. The van der Waals surface area contributed by atoms with Crippen LogP contribution in [-0.4, -0.2) is 11.0 Å². The maximum Gasteiger partial charge on any atom is 0.433 e. The molecule has 0 amide bonds. The Morgan fingerprint density at radius 1 is 1.73 bits per heavy atom. The lowest BCUT2D eigenvalue weighted by atomic mass is 10.2. The van der Waals surface area contributed by atoms with Crippen LogP contribution >= 0.6 is 0 Å². The number of rotatable bonds is 5. The molecule has 0 aliphatic carbocycles. The molecule has 0 spiro atoms. The fourth-order valence-electron chi connectivity index (χ4n) is 1.10. The normalized spacial score (nSPS) is 12.0. The van der Waals surface area contributed by atoms with Crippen molar-refractivity contribution in [2.24, 2.45) is 0 Å². The number of hydrogen-bond donors (Lipinski definition) is 1. The van der Waals surface area contributed by atoms with E-state index in [1.165, 1.54) is 6.07 Å². The molecule has 0 aliphatic heterocycles. The van der Waals surface area contributed by atoms with Gasteiger partial charge in [0.25, 0.3) is 0 Å². The minimum atomic E-state index is -0.567. The van der Waals surface area contributed by atoms with Gasteiger partial charge in [-0.15, -0.1) is 6.42 Å². The summed E-state index contributed by atoms with van der Waals surface area (Å²) >= 11 is 0. The standard InChI is InChI=1S/C10H12N2O3/c1-3-8(4-2)11-7-9-5-6-10(15-9)12(13)14/h1,5-6,8,11H,4,7H2,2H3. The van der Waals surface area contributed by atoms with Crippen molar-refractivity contribution in [2.75, 3.05) is 0 Å². The molecule has 5 heteroatoms. The predicted octanol–water partition coefficient (Wildman–Crippen LogP) is 1.69. The van der Waals surface area contributed by atoms with Crippen molar-refractivity contribution in [3.8, 4) is 12.3 Å². The second-order valence-electron chi connectivity index (χ2n) is 3.01. The molecule has 0 aromatic carbocycles. The molecule has 1 N–H and O–H groups in total. The summed E-state index contributed by atoms with van der Waals surface area (Å²) in [5, 5.41) is 13.4. The quantitative estimate of drug-likeness (QED) is 0.454. The molecule has 1 rings (SSSR count). The largest absolute Gasteiger partial charge is 0.433 e. The first kappa shape index (κ1) is 11.3. The Morgan fingerprint density at radius 2 is 2.47 bits per heavy atom. The lowest BCUT2D eigenvalue weighted by Gasteiger charge is -2.07. The second kappa shape index (κ2) is 5.17. The predicted molar refractivity (Wildman–Crippen MR) is 55.1 cm³/mol. The highest BCUT2D eigenvalue weighted by Crippen LogP contribution is 2.15. The second-order valence-corrected chi connectivity index (χ2v) is 3.01. The van der Waals surface area contributed by atoms with E-state index in [1.54, 1.807) is 6.07 Å². The summed E-state index contributed by atoms with van der Waals surface area (Å²) in [7, 11) is 0.